The van der Waals surface area contributed by atoms with Crippen LogP contribution in [0.25, 0.3) is 0 Å². The molecule has 0 aliphatic heterocycles. The summed E-state index contributed by atoms with van der Waals surface area (Å²) in [5.41, 5.74) is 2.64. The monoisotopic (exact) mass is 505 g/mol. The highest BCUT2D eigenvalue weighted by Crippen LogP contribution is 2.08. The number of guanidine groups is 1. The van der Waals surface area contributed by atoms with E-state index in [1.165, 1.54) is 11.1 Å². The van der Waals surface area contributed by atoms with Crippen molar-refractivity contribution in [2.24, 2.45) is 4.99 Å². The van der Waals surface area contributed by atoms with E-state index >= 15 is 0 Å². The third kappa shape index (κ3) is 11.8. The highest BCUT2D eigenvalue weighted by Gasteiger charge is 2.04. The molecule has 0 aliphatic rings. The van der Waals surface area contributed by atoms with Gasteiger partial charge >= 0.3 is 0 Å². The second-order valence-electron chi connectivity index (χ2n) is 6.78. The third-order valence-electron chi connectivity index (χ3n) is 4.65. The zero-order valence-corrected chi connectivity index (χ0v) is 20.7. The minimum Gasteiger partial charge on any atom is -0.385 e. The molecule has 162 valence electrons. The van der Waals surface area contributed by atoms with Crippen molar-refractivity contribution in [1.29, 1.82) is 0 Å². The van der Waals surface area contributed by atoms with Gasteiger partial charge in [0, 0.05) is 53.5 Å². The number of methoxy groups -OCH3 is 1. The fourth-order valence-electron chi connectivity index (χ4n) is 2.91. The summed E-state index contributed by atoms with van der Waals surface area (Å²) < 4.78 is 5.09. The number of benzene rings is 1. The molecule has 1 aromatic rings. The van der Waals surface area contributed by atoms with Crippen LogP contribution in [-0.2, 0) is 17.8 Å². The quantitative estimate of drug-likeness (QED) is 0.187. The number of hydrogen-bond donors (Lipinski definition) is 2. The molecule has 0 saturated carbocycles. The molecule has 2 N–H and O–H groups in total. The number of nitrogens with one attached hydrogen (secondary N) is 2. The molecular weight excluding hydrogens is 465 g/mol. The van der Waals surface area contributed by atoms with Crippen molar-refractivity contribution < 1.29 is 4.74 Å². The van der Waals surface area contributed by atoms with Gasteiger partial charge in [-0.1, -0.05) is 38.1 Å². The van der Waals surface area contributed by atoms with Crippen LogP contribution in [0.5, 0.6) is 0 Å². The molecule has 0 radical (unpaired) electrons. The first-order chi connectivity index (χ1) is 13.1. The topological polar surface area (TPSA) is 52.1 Å². The van der Waals surface area contributed by atoms with E-state index in [2.05, 4.69) is 70.6 Å². The van der Waals surface area contributed by atoms with Gasteiger partial charge in [0.25, 0.3) is 0 Å². The van der Waals surface area contributed by atoms with Crippen LogP contribution in [0, 0.1) is 0 Å². The second-order valence-corrected chi connectivity index (χ2v) is 6.78. The molecule has 0 heterocycles. The number of rotatable bonds is 13. The molecule has 0 fully saturated rings. The Kier molecular flexibility index (Phi) is 16.5. The Morgan fingerprint density at radius 3 is 2.46 bits per heavy atom. The van der Waals surface area contributed by atoms with E-state index in [0.717, 1.165) is 64.8 Å². The van der Waals surface area contributed by atoms with Gasteiger partial charge in [-0.2, -0.15) is 0 Å². The Morgan fingerprint density at radius 1 is 1.11 bits per heavy atom. The van der Waals surface area contributed by atoms with Crippen LogP contribution in [0.4, 0.5) is 0 Å². The van der Waals surface area contributed by atoms with E-state index in [9.17, 15) is 0 Å². The standard InChI is InChI=1S/C21H39N5O.HI/c1-6-26(7-2)18-20-11-8-10-19(16-20)17-24-21(22-3)23-12-14-25(4)13-9-15-27-5;/h8,10-11,16H,6-7,9,12-15,17-18H2,1-5H3,(H2,22,23,24);1H. The molecule has 1 rings (SSSR count). The zero-order valence-electron chi connectivity index (χ0n) is 18.3. The van der Waals surface area contributed by atoms with Gasteiger partial charge < -0.3 is 20.3 Å². The molecule has 0 spiro atoms. The normalized spacial score (nSPS) is 11.6. The average Bonchev–Trinajstić information content (AvgIpc) is 2.69. The van der Waals surface area contributed by atoms with Gasteiger partial charge in [-0.25, -0.2) is 0 Å². The lowest BCUT2D eigenvalue weighted by atomic mass is 10.1. The van der Waals surface area contributed by atoms with Gasteiger partial charge in [0.15, 0.2) is 5.96 Å². The predicted octanol–water partition coefficient (Wildman–Crippen LogP) is 2.78. The van der Waals surface area contributed by atoms with Crippen molar-refractivity contribution in [3.63, 3.8) is 0 Å². The third-order valence-corrected chi connectivity index (χ3v) is 4.65. The maximum Gasteiger partial charge on any atom is 0.191 e. The average molecular weight is 505 g/mol. The maximum atomic E-state index is 5.09. The molecule has 0 amide bonds. The largest absolute Gasteiger partial charge is 0.385 e. The Hall–Kier alpha value is -0.900. The number of hydrogen-bond acceptors (Lipinski definition) is 4. The van der Waals surface area contributed by atoms with Crippen molar-refractivity contribution in [3.05, 3.63) is 35.4 Å². The highest BCUT2D eigenvalue weighted by molar-refractivity contribution is 14.0. The number of aliphatic imine (C=N–C) groups is 1. The van der Waals surface area contributed by atoms with E-state index in [4.69, 9.17) is 4.74 Å². The summed E-state index contributed by atoms with van der Waals surface area (Å²) in [4.78, 5) is 9.05. The van der Waals surface area contributed by atoms with Gasteiger partial charge in [-0.3, -0.25) is 9.89 Å². The minimum atomic E-state index is 0. The Morgan fingerprint density at radius 2 is 1.82 bits per heavy atom. The van der Waals surface area contributed by atoms with Crippen molar-refractivity contribution in [1.82, 2.24) is 20.4 Å². The SMILES string of the molecule is CCN(CC)Cc1cccc(CNC(=NC)NCCN(C)CCCOC)c1.I. The highest BCUT2D eigenvalue weighted by atomic mass is 127. The Bertz CT molecular complexity index is 537. The lowest BCUT2D eigenvalue weighted by molar-refractivity contribution is 0.180. The van der Waals surface area contributed by atoms with Crippen molar-refractivity contribution in [2.45, 2.75) is 33.4 Å². The predicted molar refractivity (Wildman–Crippen MR) is 131 cm³/mol. The first-order valence-corrected chi connectivity index (χ1v) is 10.0. The Balaban J connectivity index is 0.00000729. The first kappa shape index (κ1) is 27.1. The number of likely N-dealkylation sites (N-methyl/N-ethyl adjacent to an activating group) is 1. The molecule has 1 aromatic carbocycles. The molecule has 0 unspecified atom stereocenters. The summed E-state index contributed by atoms with van der Waals surface area (Å²) >= 11 is 0. The summed E-state index contributed by atoms with van der Waals surface area (Å²) in [6.45, 7) is 12.0. The molecule has 6 nitrogen and oxygen atoms in total. The summed E-state index contributed by atoms with van der Waals surface area (Å²) in [6, 6.07) is 8.78. The lowest BCUT2D eigenvalue weighted by Crippen LogP contribution is -2.40. The van der Waals surface area contributed by atoms with Crippen molar-refractivity contribution >= 4 is 29.9 Å². The van der Waals surface area contributed by atoms with Crippen LogP contribution < -0.4 is 10.6 Å². The first-order valence-electron chi connectivity index (χ1n) is 10.0. The number of nitrogens with zero attached hydrogens (tertiary/aromatic N) is 3. The smallest absolute Gasteiger partial charge is 0.191 e. The van der Waals surface area contributed by atoms with Gasteiger partial charge in [-0.05, 0) is 37.7 Å². The number of ether oxygens (including phenoxy) is 1. The summed E-state index contributed by atoms with van der Waals surface area (Å²) in [5, 5.41) is 6.79. The van der Waals surface area contributed by atoms with Gasteiger partial charge in [0.1, 0.15) is 0 Å². The molecule has 7 heteroatoms. The molecule has 28 heavy (non-hydrogen) atoms. The summed E-state index contributed by atoms with van der Waals surface area (Å²) in [5.74, 6) is 0.842. The molecule has 0 saturated heterocycles. The fourth-order valence-corrected chi connectivity index (χ4v) is 2.91. The Labute approximate surface area is 189 Å². The molecule has 0 atom stereocenters. The van der Waals surface area contributed by atoms with Gasteiger partial charge in [0.2, 0.25) is 0 Å². The lowest BCUT2D eigenvalue weighted by Gasteiger charge is -2.19. The van der Waals surface area contributed by atoms with Crippen LogP contribution in [0.15, 0.2) is 29.3 Å². The van der Waals surface area contributed by atoms with Crippen LogP contribution in [0.1, 0.15) is 31.4 Å². The van der Waals surface area contributed by atoms with E-state index in [-0.39, 0.29) is 24.0 Å². The second kappa shape index (κ2) is 17.0. The molecule has 0 aliphatic carbocycles. The van der Waals surface area contributed by atoms with Gasteiger partial charge in [-0.15, -0.1) is 24.0 Å². The van der Waals surface area contributed by atoms with Crippen LogP contribution in [-0.4, -0.2) is 76.3 Å². The zero-order chi connectivity index (χ0) is 19.9. The van der Waals surface area contributed by atoms with E-state index in [1.54, 1.807) is 7.11 Å². The fraction of sp³-hybridized carbons (Fsp3) is 0.667. The molecule has 0 bridgehead atoms. The summed E-state index contributed by atoms with van der Waals surface area (Å²) in [7, 11) is 5.69. The van der Waals surface area contributed by atoms with E-state index < -0.39 is 0 Å². The van der Waals surface area contributed by atoms with Crippen molar-refractivity contribution in [3.8, 4) is 0 Å². The van der Waals surface area contributed by atoms with Crippen LogP contribution in [0.3, 0.4) is 0 Å². The van der Waals surface area contributed by atoms with Crippen molar-refractivity contribution in [2.75, 3.05) is 60.5 Å². The van der Waals surface area contributed by atoms with Crippen LogP contribution in [0.2, 0.25) is 0 Å². The summed E-state index contributed by atoms with van der Waals surface area (Å²) in [6.07, 6.45) is 1.06. The molecular formula is C21H40IN5O. The van der Waals surface area contributed by atoms with E-state index in [0.29, 0.717) is 0 Å². The minimum absolute atomic E-state index is 0. The number of halogens is 1. The van der Waals surface area contributed by atoms with E-state index in [1.807, 2.05) is 7.05 Å². The molecule has 0 aromatic heterocycles. The van der Waals surface area contributed by atoms with Gasteiger partial charge in [0.05, 0.1) is 0 Å². The maximum absolute atomic E-state index is 5.09. The van der Waals surface area contributed by atoms with Crippen LogP contribution >= 0.6 is 24.0 Å².